The maximum Gasteiger partial charge on any atom is 0.422 e. The fourth-order valence-corrected chi connectivity index (χ4v) is 2.37. The Labute approximate surface area is 162 Å². The van der Waals surface area contributed by atoms with Crippen LogP contribution in [0.15, 0.2) is 60.8 Å². The minimum absolute atomic E-state index is 0.0118. The number of primary amides is 1. The number of anilines is 1. The number of ether oxygens (including phenoxy) is 1. The van der Waals surface area contributed by atoms with Gasteiger partial charge >= 0.3 is 6.18 Å². The zero-order valence-electron chi connectivity index (χ0n) is 14.8. The lowest BCUT2D eigenvalue weighted by Crippen LogP contribution is -2.19. The number of nitrogens with zero attached hydrogens (tertiary/aromatic N) is 2. The number of rotatable bonds is 6. The van der Waals surface area contributed by atoms with Crippen molar-refractivity contribution in [2.24, 2.45) is 5.73 Å². The quantitative estimate of drug-likeness (QED) is 0.659. The average molecular weight is 404 g/mol. The van der Waals surface area contributed by atoms with Gasteiger partial charge in [-0.1, -0.05) is 0 Å². The van der Waals surface area contributed by atoms with Crippen LogP contribution < -0.4 is 15.8 Å². The van der Waals surface area contributed by atoms with Crippen LogP contribution >= 0.6 is 0 Å². The van der Waals surface area contributed by atoms with Crippen LogP contribution in [0, 0.1) is 0 Å². The summed E-state index contributed by atoms with van der Waals surface area (Å²) >= 11 is 0. The SMILES string of the molecule is NC(=O)c1ccn(-c2ccc(NC(=O)c3ccc(OCC(F)(F)F)cc3)cc2)n1. The number of alkyl halides is 3. The lowest BCUT2D eigenvalue weighted by Gasteiger charge is -2.10. The van der Waals surface area contributed by atoms with Gasteiger partial charge in [-0.15, -0.1) is 0 Å². The van der Waals surface area contributed by atoms with E-state index in [2.05, 4.69) is 15.2 Å². The van der Waals surface area contributed by atoms with E-state index in [1.807, 2.05) is 0 Å². The van der Waals surface area contributed by atoms with Crippen molar-refractivity contribution in [2.45, 2.75) is 6.18 Å². The first kappa shape index (κ1) is 19.9. The van der Waals surface area contributed by atoms with Gasteiger partial charge in [0.25, 0.3) is 11.8 Å². The molecule has 29 heavy (non-hydrogen) atoms. The fraction of sp³-hybridized carbons (Fsp3) is 0.105. The van der Waals surface area contributed by atoms with E-state index >= 15 is 0 Å². The Kier molecular flexibility index (Phi) is 5.53. The molecule has 0 bridgehead atoms. The molecule has 0 aliphatic heterocycles. The van der Waals surface area contributed by atoms with E-state index in [0.29, 0.717) is 11.4 Å². The first-order valence-electron chi connectivity index (χ1n) is 8.28. The van der Waals surface area contributed by atoms with Crippen LogP contribution in [0.3, 0.4) is 0 Å². The molecule has 1 heterocycles. The number of hydrogen-bond donors (Lipinski definition) is 2. The van der Waals surface area contributed by atoms with Gasteiger partial charge in [0.15, 0.2) is 6.61 Å². The molecule has 0 fully saturated rings. The normalized spacial score (nSPS) is 11.1. The Hall–Kier alpha value is -3.82. The van der Waals surface area contributed by atoms with Crippen molar-refractivity contribution in [2.75, 3.05) is 11.9 Å². The summed E-state index contributed by atoms with van der Waals surface area (Å²) in [7, 11) is 0. The summed E-state index contributed by atoms with van der Waals surface area (Å²) in [6.45, 7) is -1.40. The van der Waals surface area contributed by atoms with Crippen LogP contribution in [-0.4, -0.2) is 34.4 Å². The van der Waals surface area contributed by atoms with E-state index < -0.39 is 24.6 Å². The molecule has 0 atom stereocenters. The van der Waals surface area contributed by atoms with Crippen molar-refractivity contribution >= 4 is 17.5 Å². The first-order chi connectivity index (χ1) is 13.7. The van der Waals surface area contributed by atoms with Crippen molar-refractivity contribution in [1.82, 2.24) is 9.78 Å². The van der Waals surface area contributed by atoms with Gasteiger partial charge in [0, 0.05) is 17.4 Å². The number of aromatic nitrogens is 2. The average Bonchev–Trinajstić information content (AvgIpc) is 3.17. The van der Waals surface area contributed by atoms with Crippen molar-refractivity contribution in [3.63, 3.8) is 0 Å². The standard InChI is InChI=1S/C19H15F3N4O3/c20-19(21,22)11-29-15-7-1-12(2-8-15)18(28)24-13-3-5-14(6-4-13)26-10-9-16(25-26)17(23)27/h1-10H,11H2,(H2,23,27)(H,24,28). The van der Waals surface area contributed by atoms with E-state index in [0.717, 1.165) is 0 Å². The van der Waals surface area contributed by atoms with E-state index in [1.54, 1.807) is 30.5 Å². The molecule has 1 aromatic heterocycles. The molecule has 0 spiro atoms. The van der Waals surface area contributed by atoms with Gasteiger partial charge in [-0.2, -0.15) is 18.3 Å². The molecule has 0 unspecified atom stereocenters. The Bertz CT molecular complexity index is 1010. The molecule has 0 saturated carbocycles. The van der Waals surface area contributed by atoms with E-state index in [4.69, 9.17) is 5.73 Å². The number of carbonyl (C=O) groups excluding carboxylic acids is 2. The molecular formula is C19H15F3N4O3. The third kappa shape index (κ3) is 5.34. The molecule has 0 aliphatic carbocycles. The second-order valence-corrected chi connectivity index (χ2v) is 5.94. The van der Waals surface area contributed by atoms with Gasteiger partial charge in [0.05, 0.1) is 5.69 Å². The predicted octanol–water partition coefficient (Wildman–Crippen LogP) is 3.16. The summed E-state index contributed by atoms with van der Waals surface area (Å²) < 4.78 is 42.5. The van der Waals surface area contributed by atoms with Gasteiger partial charge < -0.3 is 15.8 Å². The molecule has 2 amide bonds. The van der Waals surface area contributed by atoms with Crippen LogP contribution in [0.2, 0.25) is 0 Å². The fourth-order valence-electron chi connectivity index (χ4n) is 2.37. The molecule has 3 aromatic rings. The molecule has 150 valence electrons. The van der Waals surface area contributed by atoms with Crippen LogP contribution in [-0.2, 0) is 0 Å². The lowest BCUT2D eigenvalue weighted by molar-refractivity contribution is -0.153. The molecule has 3 rings (SSSR count). The zero-order valence-corrected chi connectivity index (χ0v) is 14.8. The van der Waals surface area contributed by atoms with Gasteiger partial charge in [0.2, 0.25) is 0 Å². The molecule has 0 aliphatic rings. The number of nitrogens with two attached hydrogens (primary N) is 1. The van der Waals surface area contributed by atoms with Crippen molar-refractivity contribution < 1.29 is 27.5 Å². The number of nitrogens with one attached hydrogen (secondary N) is 1. The molecule has 7 nitrogen and oxygen atoms in total. The summed E-state index contributed by atoms with van der Waals surface area (Å²) in [6.07, 6.45) is -2.85. The molecule has 3 N–H and O–H groups in total. The highest BCUT2D eigenvalue weighted by Gasteiger charge is 2.28. The van der Waals surface area contributed by atoms with Crippen LogP contribution in [0.1, 0.15) is 20.8 Å². The Morgan fingerprint density at radius 1 is 1.03 bits per heavy atom. The Morgan fingerprint density at radius 2 is 1.69 bits per heavy atom. The molecule has 10 heteroatoms. The van der Waals surface area contributed by atoms with E-state index in [-0.39, 0.29) is 17.0 Å². The van der Waals surface area contributed by atoms with Gasteiger partial charge in [-0.05, 0) is 54.6 Å². The maximum atomic E-state index is 12.3. The van der Waals surface area contributed by atoms with E-state index in [1.165, 1.54) is 35.0 Å². The summed E-state index contributed by atoms with van der Waals surface area (Å²) in [5.74, 6) is -1.06. The highest BCUT2D eigenvalue weighted by atomic mass is 19.4. The van der Waals surface area contributed by atoms with Gasteiger partial charge in [-0.3, -0.25) is 9.59 Å². The second-order valence-electron chi connectivity index (χ2n) is 5.94. The number of benzene rings is 2. The van der Waals surface area contributed by atoms with E-state index in [9.17, 15) is 22.8 Å². The molecule has 0 radical (unpaired) electrons. The number of halogens is 3. The van der Waals surface area contributed by atoms with Crippen LogP contribution in [0.4, 0.5) is 18.9 Å². The largest absolute Gasteiger partial charge is 0.484 e. The first-order valence-corrected chi connectivity index (χ1v) is 8.28. The highest BCUT2D eigenvalue weighted by molar-refractivity contribution is 6.04. The summed E-state index contributed by atoms with van der Waals surface area (Å²) in [4.78, 5) is 23.4. The second kappa shape index (κ2) is 8.05. The van der Waals surface area contributed by atoms with Crippen molar-refractivity contribution in [3.8, 4) is 11.4 Å². The van der Waals surface area contributed by atoms with Crippen LogP contribution in [0.25, 0.3) is 5.69 Å². The van der Waals surface area contributed by atoms with Crippen molar-refractivity contribution in [3.05, 3.63) is 72.1 Å². The third-order valence-electron chi connectivity index (χ3n) is 3.75. The smallest absolute Gasteiger partial charge is 0.422 e. The maximum absolute atomic E-state index is 12.3. The predicted molar refractivity (Wildman–Crippen MR) is 98.0 cm³/mol. The van der Waals surface area contributed by atoms with Crippen LogP contribution in [0.5, 0.6) is 5.75 Å². The number of hydrogen-bond acceptors (Lipinski definition) is 4. The molecule has 0 saturated heterocycles. The monoisotopic (exact) mass is 404 g/mol. The summed E-state index contributed by atoms with van der Waals surface area (Å²) in [6, 6.07) is 13.4. The summed E-state index contributed by atoms with van der Waals surface area (Å²) in [5.41, 5.74) is 6.70. The Morgan fingerprint density at radius 3 is 2.24 bits per heavy atom. The van der Waals surface area contributed by atoms with Gasteiger partial charge in [0.1, 0.15) is 11.4 Å². The number of carbonyl (C=O) groups is 2. The highest BCUT2D eigenvalue weighted by Crippen LogP contribution is 2.20. The third-order valence-corrected chi connectivity index (χ3v) is 3.75. The minimum atomic E-state index is -4.43. The minimum Gasteiger partial charge on any atom is -0.484 e. The number of amides is 2. The molecule has 2 aromatic carbocycles. The van der Waals surface area contributed by atoms with Crippen molar-refractivity contribution in [1.29, 1.82) is 0 Å². The van der Waals surface area contributed by atoms with Gasteiger partial charge in [-0.25, -0.2) is 4.68 Å². The molecular weight excluding hydrogens is 389 g/mol. The summed E-state index contributed by atoms with van der Waals surface area (Å²) in [5, 5.41) is 6.70. The topological polar surface area (TPSA) is 99.2 Å². The lowest BCUT2D eigenvalue weighted by atomic mass is 10.2. The zero-order chi connectivity index (χ0) is 21.0. The Balaban J connectivity index is 1.62.